The summed E-state index contributed by atoms with van der Waals surface area (Å²) in [6, 6.07) is 2.22. The molecule has 1 saturated carbocycles. The maximum atomic E-state index is 5.72. The van der Waals surface area contributed by atoms with Crippen molar-refractivity contribution in [1.82, 2.24) is 9.78 Å². The van der Waals surface area contributed by atoms with Crippen molar-refractivity contribution in [2.45, 2.75) is 25.7 Å². The average molecular weight is 203 g/mol. The van der Waals surface area contributed by atoms with Gasteiger partial charge in [0.05, 0.1) is 5.69 Å². The maximum absolute atomic E-state index is 5.72. The lowest BCUT2D eigenvalue weighted by Crippen LogP contribution is -2.13. The van der Waals surface area contributed by atoms with Gasteiger partial charge in [-0.25, -0.2) is 4.68 Å². The van der Waals surface area contributed by atoms with Crippen LogP contribution < -0.4 is 5.73 Å². The number of hydrogen-bond donors (Lipinski definition) is 1. The number of fused-ring (bicyclic) bond motifs is 1. The topological polar surface area (TPSA) is 43.8 Å². The van der Waals surface area contributed by atoms with Gasteiger partial charge in [0.25, 0.3) is 0 Å². The van der Waals surface area contributed by atoms with Crippen LogP contribution in [0.25, 0.3) is 6.20 Å². The molecule has 1 aliphatic heterocycles. The summed E-state index contributed by atoms with van der Waals surface area (Å²) in [4.78, 5) is 0. The summed E-state index contributed by atoms with van der Waals surface area (Å²) >= 11 is 0. The average Bonchev–Trinajstić information content (AvgIpc) is 2.91. The van der Waals surface area contributed by atoms with Crippen LogP contribution in [0.5, 0.6) is 0 Å². The van der Waals surface area contributed by atoms with Crippen LogP contribution in [0.1, 0.15) is 30.1 Å². The van der Waals surface area contributed by atoms with Crippen LogP contribution in [0.2, 0.25) is 0 Å². The van der Waals surface area contributed by atoms with Crippen LogP contribution in [0.4, 0.5) is 0 Å². The normalized spacial score (nSPS) is 32.8. The van der Waals surface area contributed by atoms with E-state index in [2.05, 4.69) is 30.4 Å². The number of aromatic nitrogens is 2. The Kier molecular flexibility index (Phi) is 1.96. The molecule has 0 bridgehead atoms. The molecular weight excluding hydrogens is 186 g/mol. The van der Waals surface area contributed by atoms with Crippen molar-refractivity contribution < 1.29 is 0 Å². The highest BCUT2D eigenvalue weighted by atomic mass is 15.3. The molecule has 2 aliphatic rings. The predicted octanol–water partition coefficient (Wildman–Crippen LogP) is 1.74. The second-order valence-corrected chi connectivity index (χ2v) is 4.78. The zero-order valence-corrected chi connectivity index (χ0v) is 9.06. The first-order chi connectivity index (χ1) is 7.29. The summed E-state index contributed by atoms with van der Waals surface area (Å²) in [7, 11) is 0. The third-order valence-corrected chi connectivity index (χ3v) is 3.70. The van der Waals surface area contributed by atoms with Gasteiger partial charge >= 0.3 is 0 Å². The fraction of sp³-hybridized carbons (Fsp3) is 0.583. The predicted molar refractivity (Wildman–Crippen MR) is 60.3 cm³/mol. The van der Waals surface area contributed by atoms with Crippen molar-refractivity contribution in [2.24, 2.45) is 17.6 Å². The largest absolute Gasteiger partial charge is 0.330 e. The highest BCUT2D eigenvalue weighted by molar-refractivity contribution is 5.34. The summed E-state index contributed by atoms with van der Waals surface area (Å²) in [6.45, 7) is 2.90. The van der Waals surface area contributed by atoms with Crippen LogP contribution in [-0.4, -0.2) is 16.3 Å². The van der Waals surface area contributed by atoms with Crippen LogP contribution in [0.3, 0.4) is 0 Å². The first-order valence-corrected chi connectivity index (χ1v) is 5.72. The van der Waals surface area contributed by atoms with Crippen LogP contribution in [0.15, 0.2) is 12.1 Å². The lowest BCUT2D eigenvalue weighted by Gasteiger charge is -2.19. The Bertz CT molecular complexity index is 405. The molecule has 1 aliphatic carbocycles. The Morgan fingerprint density at radius 1 is 1.60 bits per heavy atom. The van der Waals surface area contributed by atoms with Gasteiger partial charge in [-0.05, 0) is 44.2 Å². The van der Waals surface area contributed by atoms with Gasteiger partial charge in [-0.2, -0.15) is 5.10 Å². The van der Waals surface area contributed by atoms with Crippen LogP contribution in [-0.2, 0) is 0 Å². The molecule has 15 heavy (non-hydrogen) atoms. The zero-order valence-electron chi connectivity index (χ0n) is 9.06. The molecule has 2 heterocycles. The first-order valence-electron chi connectivity index (χ1n) is 5.72. The Balaban J connectivity index is 1.90. The van der Waals surface area contributed by atoms with E-state index < -0.39 is 0 Å². The van der Waals surface area contributed by atoms with Crippen molar-refractivity contribution in [2.75, 3.05) is 6.54 Å². The summed E-state index contributed by atoms with van der Waals surface area (Å²) in [5.41, 5.74) is 8.22. The lowest BCUT2D eigenvalue weighted by atomic mass is 9.92. The molecule has 3 atom stereocenters. The molecule has 1 fully saturated rings. The highest BCUT2D eigenvalue weighted by Crippen LogP contribution is 2.50. The van der Waals surface area contributed by atoms with E-state index in [1.54, 1.807) is 0 Å². The Labute approximate surface area is 90.0 Å². The van der Waals surface area contributed by atoms with Gasteiger partial charge in [0, 0.05) is 17.8 Å². The molecule has 0 aromatic carbocycles. The summed E-state index contributed by atoms with van der Waals surface area (Å²) in [5, 5.41) is 4.46. The first kappa shape index (κ1) is 9.16. The Morgan fingerprint density at radius 2 is 2.47 bits per heavy atom. The smallest absolute Gasteiger partial charge is 0.0600 e. The lowest BCUT2D eigenvalue weighted by molar-refractivity contribution is 0.530. The summed E-state index contributed by atoms with van der Waals surface area (Å²) < 4.78 is 2.04. The third kappa shape index (κ3) is 1.42. The minimum Gasteiger partial charge on any atom is -0.330 e. The number of hydrogen-bond acceptors (Lipinski definition) is 2. The molecule has 3 heteroatoms. The SMILES string of the molecule is Cc1cc2n(n1)C=CCC2[C@@H]1C[C@H]1CN. The fourth-order valence-electron chi connectivity index (χ4n) is 2.79. The van der Waals surface area contributed by atoms with Crippen molar-refractivity contribution in [1.29, 1.82) is 0 Å². The second-order valence-electron chi connectivity index (χ2n) is 4.78. The molecular formula is C12H17N3. The van der Waals surface area contributed by atoms with Gasteiger partial charge in [0.1, 0.15) is 0 Å². The number of allylic oxidation sites excluding steroid dienone is 1. The molecule has 0 amide bonds. The number of rotatable bonds is 2. The van der Waals surface area contributed by atoms with Crippen LogP contribution >= 0.6 is 0 Å². The van der Waals surface area contributed by atoms with Crippen molar-refractivity contribution >= 4 is 6.20 Å². The molecule has 0 spiro atoms. The molecule has 0 radical (unpaired) electrons. The zero-order chi connectivity index (χ0) is 10.4. The van der Waals surface area contributed by atoms with E-state index in [-0.39, 0.29) is 0 Å². The van der Waals surface area contributed by atoms with Gasteiger partial charge in [0.15, 0.2) is 0 Å². The van der Waals surface area contributed by atoms with E-state index in [9.17, 15) is 0 Å². The van der Waals surface area contributed by atoms with E-state index in [1.165, 1.54) is 12.1 Å². The van der Waals surface area contributed by atoms with Gasteiger partial charge < -0.3 is 5.73 Å². The highest BCUT2D eigenvalue weighted by Gasteiger charge is 2.43. The molecule has 1 aromatic rings. The second kappa shape index (κ2) is 3.20. The van der Waals surface area contributed by atoms with E-state index in [4.69, 9.17) is 5.73 Å². The van der Waals surface area contributed by atoms with Gasteiger partial charge in [-0.15, -0.1) is 0 Å². The number of aryl methyl sites for hydroxylation is 1. The van der Waals surface area contributed by atoms with E-state index in [0.29, 0.717) is 5.92 Å². The molecule has 3 rings (SSSR count). The van der Waals surface area contributed by atoms with Crippen molar-refractivity contribution in [3.05, 3.63) is 23.5 Å². The van der Waals surface area contributed by atoms with E-state index >= 15 is 0 Å². The molecule has 3 nitrogen and oxygen atoms in total. The molecule has 80 valence electrons. The molecule has 1 unspecified atom stereocenters. The van der Waals surface area contributed by atoms with Crippen LogP contribution in [0, 0.1) is 18.8 Å². The molecule has 0 saturated heterocycles. The monoisotopic (exact) mass is 203 g/mol. The Morgan fingerprint density at radius 3 is 3.20 bits per heavy atom. The molecule has 2 N–H and O–H groups in total. The molecule has 1 aromatic heterocycles. The summed E-state index contributed by atoms with van der Waals surface area (Å²) in [5.74, 6) is 2.21. The fourth-order valence-corrected chi connectivity index (χ4v) is 2.79. The van der Waals surface area contributed by atoms with Gasteiger partial charge in [0.2, 0.25) is 0 Å². The number of nitrogens with zero attached hydrogens (tertiary/aromatic N) is 2. The van der Waals surface area contributed by atoms with E-state index in [1.807, 2.05) is 4.68 Å². The number of nitrogens with two attached hydrogens (primary N) is 1. The quantitative estimate of drug-likeness (QED) is 0.795. The minimum atomic E-state index is 0.657. The van der Waals surface area contributed by atoms with Crippen molar-refractivity contribution in [3.63, 3.8) is 0 Å². The van der Waals surface area contributed by atoms with Crippen molar-refractivity contribution in [3.8, 4) is 0 Å². The van der Waals surface area contributed by atoms with Gasteiger partial charge in [-0.3, -0.25) is 0 Å². The summed E-state index contributed by atoms with van der Waals surface area (Å²) in [6.07, 6.45) is 6.78. The standard InChI is InChI=1S/C12H17N3/c1-8-5-12-10(11-6-9(11)7-13)3-2-4-15(12)14-8/h2,4-5,9-11H,3,6-7,13H2,1H3/t9-,10?,11+/m0/s1. The third-order valence-electron chi connectivity index (χ3n) is 3.70. The maximum Gasteiger partial charge on any atom is 0.0600 e. The Hall–Kier alpha value is -1.09. The van der Waals surface area contributed by atoms with E-state index in [0.717, 1.165) is 30.5 Å². The minimum absolute atomic E-state index is 0.657. The van der Waals surface area contributed by atoms with Gasteiger partial charge in [-0.1, -0.05) is 6.08 Å².